The molecule has 0 aromatic rings. The number of carboxylic acids is 1. The van der Waals surface area contributed by atoms with Crippen molar-refractivity contribution in [1.29, 1.82) is 0 Å². The zero-order valence-corrected chi connectivity index (χ0v) is 6.62. The number of aliphatic carboxylic acids is 1. The number of hydrogen-bond donors (Lipinski definition) is 2. The molecule has 0 heterocycles. The standard InChI is InChI=1S/C7H14O4/c1-2-11-7(10)5-3-4-6(8)9/h7,10H,2-5H2,1H3,(H,8,9). The fourth-order valence-electron chi connectivity index (χ4n) is 0.704. The molecule has 1 unspecified atom stereocenters. The Balaban J connectivity index is 3.16. The van der Waals surface area contributed by atoms with Crippen molar-refractivity contribution in [2.45, 2.75) is 32.5 Å². The molecule has 0 saturated carbocycles. The topological polar surface area (TPSA) is 66.8 Å². The molecule has 66 valence electrons. The first-order chi connectivity index (χ1) is 5.16. The third kappa shape index (κ3) is 7.29. The zero-order valence-electron chi connectivity index (χ0n) is 6.62. The Morgan fingerprint density at radius 2 is 2.27 bits per heavy atom. The molecule has 11 heavy (non-hydrogen) atoms. The number of carbonyl (C=O) groups is 1. The highest BCUT2D eigenvalue weighted by Gasteiger charge is 2.03. The van der Waals surface area contributed by atoms with Gasteiger partial charge in [-0.05, 0) is 19.8 Å². The van der Waals surface area contributed by atoms with Gasteiger partial charge in [0.1, 0.15) is 0 Å². The summed E-state index contributed by atoms with van der Waals surface area (Å²) in [4.78, 5) is 10.0. The van der Waals surface area contributed by atoms with Gasteiger partial charge in [0.2, 0.25) is 0 Å². The normalized spacial score (nSPS) is 12.9. The fourth-order valence-corrected chi connectivity index (χ4v) is 0.704. The highest BCUT2D eigenvalue weighted by molar-refractivity contribution is 5.66. The molecule has 0 fully saturated rings. The Hall–Kier alpha value is -0.610. The molecule has 0 saturated heterocycles. The molecule has 2 N–H and O–H groups in total. The molecule has 0 aliphatic heterocycles. The molecule has 0 aromatic heterocycles. The predicted molar refractivity (Wildman–Crippen MR) is 39.1 cm³/mol. The van der Waals surface area contributed by atoms with Gasteiger partial charge in [0, 0.05) is 13.0 Å². The van der Waals surface area contributed by atoms with E-state index in [-0.39, 0.29) is 6.42 Å². The van der Waals surface area contributed by atoms with Crippen molar-refractivity contribution in [1.82, 2.24) is 0 Å². The maximum absolute atomic E-state index is 10.0. The SMILES string of the molecule is CCOC(O)CCCC(=O)O. The van der Waals surface area contributed by atoms with Crippen LogP contribution in [0.3, 0.4) is 0 Å². The second-order valence-electron chi connectivity index (χ2n) is 2.20. The van der Waals surface area contributed by atoms with Gasteiger partial charge in [0.25, 0.3) is 0 Å². The van der Waals surface area contributed by atoms with Crippen molar-refractivity contribution in [2.75, 3.05) is 6.61 Å². The quantitative estimate of drug-likeness (QED) is 0.561. The van der Waals surface area contributed by atoms with E-state index >= 15 is 0 Å². The first-order valence-electron chi connectivity index (χ1n) is 3.68. The predicted octanol–water partition coefficient (Wildman–Crippen LogP) is 0.596. The van der Waals surface area contributed by atoms with Crippen LogP contribution < -0.4 is 0 Å². The minimum Gasteiger partial charge on any atom is -0.481 e. The molecule has 0 aliphatic rings. The van der Waals surface area contributed by atoms with Gasteiger partial charge in [0.05, 0.1) is 0 Å². The molecular formula is C7H14O4. The maximum atomic E-state index is 10.0. The van der Waals surface area contributed by atoms with Crippen LogP contribution in [0.15, 0.2) is 0 Å². The molecule has 4 heteroatoms. The van der Waals surface area contributed by atoms with Crippen LogP contribution in [-0.4, -0.2) is 29.1 Å². The second kappa shape index (κ2) is 6.12. The molecular weight excluding hydrogens is 148 g/mol. The first kappa shape index (κ1) is 10.4. The van der Waals surface area contributed by atoms with Crippen molar-refractivity contribution in [2.24, 2.45) is 0 Å². The summed E-state index contributed by atoms with van der Waals surface area (Å²) in [6.07, 6.45) is 0.125. The first-order valence-corrected chi connectivity index (χ1v) is 3.68. The Morgan fingerprint density at radius 3 is 2.73 bits per heavy atom. The van der Waals surface area contributed by atoms with Gasteiger partial charge < -0.3 is 14.9 Å². The lowest BCUT2D eigenvalue weighted by Crippen LogP contribution is -2.11. The highest BCUT2D eigenvalue weighted by atomic mass is 16.6. The lowest BCUT2D eigenvalue weighted by Gasteiger charge is -2.08. The van der Waals surface area contributed by atoms with Crippen molar-refractivity contribution in [3.63, 3.8) is 0 Å². The molecule has 4 nitrogen and oxygen atoms in total. The number of rotatable bonds is 6. The summed E-state index contributed by atoms with van der Waals surface area (Å²) < 4.78 is 4.79. The molecule has 0 radical (unpaired) electrons. The number of carboxylic acid groups (broad SMARTS) is 1. The van der Waals surface area contributed by atoms with Crippen LogP contribution in [0.1, 0.15) is 26.2 Å². The summed E-state index contributed by atoms with van der Waals surface area (Å²) in [6, 6.07) is 0. The van der Waals surface area contributed by atoms with Crippen molar-refractivity contribution in [3.8, 4) is 0 Å². The lowest BCUT2D eigenvalue weighted by molar-refractivity contribution is -0.138. The van der Waals surface area contributed by atoms with Crippen LogP contribution in [0.4, 0.5) is 0 Å². The van der Waals surface area contributed by atoms with Gasteiger partial charge in [0.15, 0.2) is 6.29 Å². The number of aliphatic hydroxyl groups is 1. The van der Waals surface area contributed by atoms with E-state index < -0.39 is 12.3 Å². The van der Waals surface area contributed by atoms with Crippen molar-refractivity contribution >= 4 is 5.97 Å². The van der Waals surface area contributed by atoms with E-state index in [0.717, 1.165) is 0 Å². The van der Waals surface area contributed by atoms with Crippen LogP contribution in [0, 0.1) is 0 Å². The fraction of sp³-hybridized carbons (Fsp3) is 0.857. The molecule has 0 aromatic carbocycles. The average Bonchev–Trinajstić information content (AvgIpc) is 1.87. The second-order valence-corrected chi connectivity index (χ2v) is 2.20. The van der Waals surface area contributed by atoms with Gasteiger partial charge in [-0.3, -0.25) is 4.79 Å². The molecule has 0 aliphatic carbocycles. The van der Waals surface area contributed by atoms with Crippen LogP contribution in [0.2, 0.25) is 0 Å². The summed E-state index contributed by atoms with van der Waals surface area (Å²) in [5.74, 6) is -0.839. The largest absolute Gasteiger partial charge is 0.481 e. The Morgan fingerprint density at radius 1 is 1.64 bits per heavy atom. The third-order valence-corrected chi connectivity index (χ3v) is 1.20. The summed E-state index contributed by atoms with van der Waals surface area (Å²) in [6.45, 7) is 2.23. The zero-order chi connectivity index (χ0) is 8.69. The third-order valence-electron chi connectivity index (χ3n) is 1.20. The lowest BCUT2D eigenvalue weighted by atomic mass is 10.2. The monoisotopic (exact) mass is 162 g/mol. The summed E-state index contributed by atoms with van der Waals surface area (Å²) in [5.41, 5.74) is 0. The van der Waals surface area contributed by atoms with E-state index in [1.165, 1.54) is 0 Å². The van der Waals surface area contributed by atoms with E-state index in [9.17, 15) is 4.79 Å². The maximum Gasteiger partial charge on any atom is 0.303 e. The van der Waals surface area contributed by atoms with Gasteiger partial charge in [-0.1, -0.05) is 0 Å². The van der Waals surface area contributed by atoms with Crippen LogP contribution in [-0.2, 0) is 9.53 Å². The molecule has 0 spiro atoms. The van der Waals surface area contributed by atoms with Gasteiger partial charge in [-0.2, -0.15) is 0 Å². The van der Waals surface area contributed by atoms with E-state index in [1.54, 1.807) is 6.92 Å². The van der Waals surface area contributed by atoms with Gasteiger partial charge in [-0.15, -0.1) is 0 Å². The van der Waals surface area contributed by atoms with Crippen LogP contribution >= 0.6 is 0 Å². The smallest absolute Gasteiger partial charge is 0.303 e. The average molecular weight is 162 g/mol. The minimum absolute atomic E-state index is 0.0874. The molecule has 1 atom stereocenters. The number of aliphatic hydroxyl groups excluding tert-OH is 1. The Labute approximate surface area is 65.8 Å². The number of hydrogen-bond acceptors (Lipinski definition) is 3. The molecule has 0 bridgehead atoms. The highest BCUT2D eigenvalue weighted by Crippen LogP contribution is 2.01. The van der Waals surface area contributed by atoms with Gasteiger partial charge in [-0.25, -0.2) is 0 Å². The van der Waals surface area contributed by atoms with E-state index in [2.05, 4.69) is 0 Å². The minimum atomic E-state index is -0.839. The summed E-state index contributed by atoms with van der Waals surface area (Å²) in [7, 11) is 0. The van der Waals surface area contributed by atoms with E-state index in [4.69, 9.17) is 14.9 Å². The Kier molecular flexibility index (Phi) is 5.78. The Bertz CT molecular complexity index is 113. The number of ether oxygens (including phenoxy) is 1. The van der Waals surface area contributed by atoms with Crippen LogP contribution in [0.25, 0.3) is 0 Å². The summed E-state index contributed by atoms with van der Waals surface area (Å²) >= 11 is 0. The molecule has 0 rings (SSSR count). The summed E-state index contributed by atoms with van der Waals surface area (Å²) in [5, 5.41) is 17.2. The van der Waals surface area contributed by atoms with Crippen LogP contribution in [0.5, 0.6) is 0 Å². The van der Waals surface area contributed by atoms with Crippen molar-refractivity contribution < 1.29 is 19.7 Å². The van der Waals surface area contributed by atoms with E-state index in [0.29, 0.717) is 19.4 Å². The van der Waals surface area contributed by atoms with Gasteiger partial charge >= 0.3 is 5.97 Å². The van der Waals surface area contributed by atoms with E-state index in [1.807, 2.05) is 0 Å². The van der Waals surface area contributed by atoms with Crippen molar-refractivity contribution in [3.05, 3.63) is 0 Å². The molecule has 0 amide bonds.